The largest absolute Gasteiger partial charge is 0.365 e. The maximum atomic E-state index is 11.7. The van der Waals surface area contributed by atoms with Crippen LogP contribution in [0.25, 0.3) is 0 Å². The molecule has 0 unspecified atom stereocenters. The van der Waals surface area contributed by atoms with Crippen LogP contribution in [0, 0.1) is 0 Å². The Morgan fingerprint density at radius 1 is 1.00 bits per heavy atom. The third-order valence-corrected chi connectivity index (χ3v) is 2.85. The first-order valence-electron chi connectivity index (χ1n) is 6.33. The second kappa shape index (κ2) is 8.78. The first-order chi connectivity index (χ1) is 9.18. The van der Waals surface area contributed by atoms with Crippen molar-refractivity contribution in [2.45, 2.75) is 12.6 Å². The molecule has 0 heterocycles. The summed E-state index contributed by atoms with van der Waals surface area (Å²) in [6, 6.07) is 0. The Hall–Kier alpha value is -1.31. The molecule has 1 amide bonds. The lowest BCUT2D eigenvalue weighted by atomic mass is 10.1. The molecule has 0 aliphatic rings. The van der Waals surface area contributed by atoms with Gasteiger partial charge in [-0.2, -0.15) is 0 Å². The number of amides is 1. The zero-order valence-corrected chi connectivity index (χ0v) is 13.2. The predicted octanol–water partition coefficient (Wildman–Crippen LogP) is -0.931. The molecule has 7 nitrogen and oxygen atoms in total. The summed E-state index contributed by atoms with van der Waals surface area (Å²) in [5.41, 5.74) is 0. The quantitative estimate of drug-likeness (QED) is 0.310. The molecule has 0 aliphatic heterocycles. The van der Waals surface area contributed by atoms with Gasteiger partial charge in [-0.05, 0) is 21.1 Å². The van der Waals surface area contributed by atoms with E-state index in [1.54, 1.807) is 33.2 Å². The van der Waals surface area contributed by atoms with E-state index in [9.17, 15) is 14.4 Å². The van der Waals surface area contributed by atoms with E-state index >= 15 is 0 Å². The first kappa shape index (κ1) is 18.7. The summed E-state index contributed by atoms with van der Waals surface area (Å²) in [6.07, 6.45) is -0.535. The molecule has 0 spiro atoms. The topological polar surface area (TPSA) is 70.2 Å². The molecule has 20 heavy (non-hydrogen) atoms. The van der Waals surface area contributed by atoms with Crippen molar-refractivity contribution in [3.63, 3.8) is 0 Å². The Kier molecular flexibility index (Phi) is 8.21. The average Bonchev–Trinajstić information content (AvgIpc) is 2.34. The van der Waals surface area contributed by atoms with Gasteiger partial charge in [-0.15, -0.1) is 0 Å². The Morgan fingerprint density at radius 2 is 1.55 bits per heavy atom. The highest BCUT2D eigenvalue weighted by Crippen LogP contribution is 1.99. The predicted molar refractivity (Wildman–Crippen MR) is 75.3 cm³/mol. The van der Waals surface area contributed by atoms with Crippen LogP contribution in [-0.2, 0) is 19.1 Å². The van der Waals surface area contributed by atoms with Gasteiger partial charge in [0, 0.05) is 27.7 Å². The Balaban J connectivity index is 4.31. The van der Waals surface area contributed by atoms with Crippen molar-refractivity contribution < 1.29 is 19.1 Å². The monoisotopic (exact) mass is 287 g/mol. The Morgan fingerprint density at radius 3 is 1.95 bits per heavy atom. The van der Waals surface area contributed by atoms with Crippen LogP contribution in [0.1, 0.15) is 6.42 Å². The summed E-state index contributed by atoms with van der Waals surface area (Å²) in [5, 5.41) is 0. The SMILES string of the molecule is CO[C@@H](CN(C)CC(=O)C(=O)CC(=O)N(C)C)N(C)C. The lowest BCUT2D eigenvalue weighted by Crippen LogP contribution is -2.43. The molecule has 0 rings (SSSR count). The molecule has 0 aliphatic carbocycles. The smallest absolute Gasteiger partial charge is 0.230 e. The van der Waals surface area contributed by atoms with E-state index in [0.29, 0.717) is 6.54 Å². The number of Topliss-reactive ketones (excluding diaryl/α,β-unsaturated/α-hetero) is 2. The summed E-state index contributed by atoms with van der Waals surface area (Å²) >= 11 is 0. The molecular formula is C13H25N3O4. The van der Waals surface area contributed by atoms with E-state index in [1.807, 2.05) is 19.0 Å². The second-order valence-electron chi connectivity index (χ2n) is 5.16. The number of nitrogens with zero attached hydrogens (tertiary/aromatic N) is 3. The third kappa shape index (κ3) is 6.74. The number of hydrogen-bond donors (Lipinski definition) is 0. The van der Waals surface area contributed by atoms with Gasteiger partial charge in [-0.1, -0.05) is 0 Å². The summed E-state index contributed by atoms with van der Waals surface area (Å²) in [5.74, 6) is -1.58. The fourth-order valence-corrected chi connectivity index (χ4v) is 1.51. The molecule has 0 aromatic rings. The lowest BCUT2D eigenvalue weighted by Gasteiger charge is -2.27. The van der Waals surface area contributed by atoms with E-state index < -0.39 is 11.6 Å². The molecule has 0 saturated heterocycles. The molecule has 0 radical (unpaired) electrons. The standard InChI is InChI=1S/C13H25N3O4/c1-14(2)12(19)7-10(17)11(18)8-16(5)9-13(20-6)15(3)4/h13H,7-9H2,1-6H3/t13-/m0/s1. The number of methoxy groups -OCH3 is 1. The van der Waals surface area contributed by atoms with Crippen LogP contribution in [0.4, 0.5) is 0 Å². The molecular weight excluding hydrogens is 262 g/mol. The summed E-state index contributed by atoms with van der Waals surface area (Å²) in [4.78, 5) is 39.6. The van der Waals surface area contributed by atoms with E-state index in [0.717, 1.165) is 0 Å². The Bertz CT molecular complexity index is 356. The molecule has 0 aromatic heterocycles. The van der Waals surface area contributed by atoms with Crippen LogP contribution in [0.5, 0.6) is 0 Å². The van der Waals surface area contributed by atoms with Crippen LogP contribution in [0.15, 0.2) is 0 Å². The highest BCUT2D eigenvalue weighted by molar-refractivity contribution is 6.40. The molecule has 116 valence electrons. The average molecular weight is 287 g/mol. The molecule has 0 saturated carbocycles. The minimum atomic E-state index is -0.658. The fourth-order valence-electron chi connectivity index (χ4n) is 1.51. The van der Waals surface area contributed by atoms with Crippen LogP contribution < -0.4 is 0 Å². The van der Waals surface area contributed by atoms with Crippen molar-refractivity contribution in [2.75, 3.05) is 55.4 Å². The van der Waals surface area contributed by atoms with E-state index in [1.165, 1.54) is 4.90 Å². The lowest BCUT2D eigenvalue weighted by molar-refractivity contribution is -0.141. The number of ether oxygens (including phenoxy) is 1. The zero-order valence-electron chi connectivity index (χ0n) is 13.2. The van der Waals surface area contributed by atoms with Gasteiger partial charge in [-0.25, -0.2) is 0 Å². The van der Waals surface area contributed by atoms with Crippen LogP contribution in [-0.4, -0.2) is 93.8 Å². The van der Waals surface area contributed by atoms with Gasteiger partial charge in [0.2, 0.25) is 17.5 Å². The van der Waals surface area contributed by atoms with Gasteiger partial charge >= 0.3 is 0 Å². The van der Waals surface area contributed by atoms with Gasteiger partial charge in [0.1, 0.15) is 6.23 Å². The van der Waals surface area contributed by atoms with Crippen molar-refractivity contribution in [1.82, 2.24) is 14.7 Å². The highest BCUT2D eigenvalue weighted by Gasteiger charge is 2.21. The molecule has 1 atom stereocenters. The number of ketones is 2. The minimum Gasteiger partial charge on any atom is -0.365 e. The van der Waals surface area contributed by atoms with Crippen molar-refractivity contribution in [3.05, 3.63) is 0 Å². The summed E-state index contributed by atoms with van der Waals surface area (Å²) in [7, 11) is 10.1. The van der Waals surface area contributed by atoms with Crippen molar-refractivity contribution in [2.24, 2.45) is 0 Å². The maximum absolute atomic E-state index is 11.7. The molecule has 7 heteroatoms. The third-order valence-electron chi connectivity index (χ3n) is 2.85. The van der Waals surface area contributed by atoms with Gasteiger partial charge in [0.15, 0.2) is 0 Å². The second-order valence-corrected chi connectivity index (χ2v) is 5.16. The normalized spacial score (nSPS) is 12.6. The van der Waals surface area contributed by atoms with Crippen LogP contribution in [0.2, 0.25) is 0 Å². The van der Waals surface area contributed by atoms with Crippen LogP contribution >= 0.6 is 0 Å². The van der Waals surface area contributed by atoms with Crippen LogP contribution in [0.3, 0.4) is 0 Å². The van der Waals surface area contributed by atoms with Gasteiger partial charge < -0.3 is 9.64 Å². The Labute approximate surface area is 120 Å². The number of hydrogen-bond acceptors (Lipinski definition) is 6. The molecule has 0 aromatic carbocycles. The summed E-state index contributed by atoms with van der Waals surface area (Å²) < 4.78 is 5.25. The first-order valence-corrected chi connectivity index (χ1v) is 6.33. The number of carbonyl (C=O) groups is 3. The maximum Gasteiger partial charge on any atom is 0.230 e. The molecule has 0 fully saturated rings. The number of rotatable bonds is 9. The van der Waals surface area contributed by atoms with E-state index in [-0.39, 0.29) is 25.1 Å². The zero-order chi connectivity index (χ0) is 15.9. The number of carbonyl (C=O) groups excluding carboxylic acids is 3. The van der Waals surface area contributed by atoms with Gasteiger partial charge in [0.25, 0.3) is 0 Å². The molecule has 0 bridgehead atoms. The van der Waals surface area contributed by atoms with E-state index in [4.69, 9.17) is 4.74 Å². The fraction of sp³-hybridized carbons (Fsp3) is 0.769. The van der Waals surface area contributed by atoms with Crippen molar-refractivity contribution in [1.29, 1.82) is 0 Å². The molecule has 0 N–H and O–H groups in total. The highest BCUT2D eigenvalue weighted by atomic mass is 16.5. The van der Waals surface area contributed by atoms with E-state index in [2.05, 4.69) is 0 Å². The minimum absolute atomic E-state index is 0.0206. The summed E-state index contributed by atoms with van der Waals surface area (Å²) in [6.45, 7) is 0.470. The van der Waals surface area contributed by atoms with Crippen molar-refractivity contribution in [3.8, 4) is 0 Å². The van der Waals surface area contributed by atoms with Gasteiger partial charge in [-0.3, -0.25) is 24.2 Å². The van der Waals surface area contributed by atoms with Gasteiger partial charge in [0.05, 0.1) is 13.0 Å². The number of likely N-dealkylation sites (N-methyl/N-ethyl adjacent to an activating group) is 2. The van der Waals surface area contributed by atoms with Crippen molar-refractivity contribution >= 4 is 17.5 Å².